The van der Waals surface area contributed by atoms with Crippen molar-refractivity contribution in [3.8, 4) is 0 Å². The number of aryl methyl sites for hydroxylation is 2. The van der Waals surface area contributed by atoms with Crippen LogP contribution in [-0.2, 0) is 18.3 Å². The summed E-state index contributed by atoms with van der Waals surface area (Å²) in [5.74, 6) is 0.501. The van der Waals surface area contributed by atoms with E-state index in [2.05, 4.69) is 10.1 Å². The quantitative estimate of drug-likeness (QED) is 0.867. The minimum Gasteiger partial charge on any atom is -0.377 e. The van der Waals surface area contributed by atoms with E-state index in [0.29, 0.717) is 12.5 Å². The zero-order chi connectivity index (χ0) is 12.8. The summed E-state index contributed by atoms with van der Waals surface area (Å²) in [4.78, 5) is 4.35. The molecule has 2 rings (SSSR count). The standard InChI is InChI=1S/C11H19N5O/c1-7-8-9(15(4)14-7)16(10(12)13-8)6-11(2,3)17-5/h6H2,1-5H3,(H2,12,13). The molecular weight excluding hydrogens is 218 g/mol. The Morgan fingerprint density at radius 3 is 2.65 bits per heavy atom. The third-order valence-electron chi connectivity index (χ3n) is 3.01. The molecule has 0 spiro atoms. The molecule has 6 nitrogen and oxygen atoms in total. The molecule has 0 aliphatic heterocycles. The lowest BCUT2D eigenvalue weighted by molar-refractivity contribution is 0.00926. The van der Waals surface area contributed by atoms with Crippen molar-refractivity contribution in [1.29, 1.82) is 0 Å². The van der Waals surface area contributed by atoms with Crippen LogP contribution in [0.4, 0.5) is 5.95 Å². The molecule has 6 heteroatoms. The molecule has 0 radical (unpaired) electrons. The number of hydrogen-bond donors (Lipinski definition) is 1. The van der Waals surface area contributed by atoms with E-state index in [1.807, 2.05) is 32.4 Å². The van der Waals surface area contributed by atoms with Gasteiger partial charge in [-0.2, -0.15) is 5.10 Å². The molecule has 0 unspecified atom stereocenters. The SMILES string of the molecule is COC(C)(C)Cn1c(N)nc2c(C)nn(C)c21. The number of methoxy groups -OCH3 is 1. The maximum absolute atomic E-state index is 5.95. The first kappa shape index (κ1) is 11.9. The minimum atomic E-state index is -0.292. The molecule has 0 fully saturated rings. The summed E-state index contributed by atoms with van der Waals surface area (Å²) < 4.78 is 9.18. The third kappa shape index (κ3) is 1.88. The third-order valence-corrected chi connectivity index (χ3v) is 3.01. The van der Waals surface area contributed by atoms with Crippen molar-refractivity contribution in [2.45, 2.75) is 32.9 Å². The Morgan fingerprint density at radius 2 is 2.06 bits per heavy atom. The van der Waals surface area contributed by atoms with Gasteiger partial charge in [0.1, 0.15) is 5.52 Å². The van der Waals surface area contributed by atoms with E-state index in [4.69, 9.17) is 10.5 Å². The Bertz CT molecular complexity index is 552. The maximum atomic E-state index is 5.95. The monoisotopic (exact) mass is 237 g/mol. The van der Waals surface area contributed by atoms with Gasteiger partial charge in [0.25, 0.3) is 0 Å². The van der Waals surface area contributed by atoms with Crippen LogP contribution in [0, 0.1) is 6.92 Å². The van der Waals surface area contributed by atoms with Crippen LogP contribution in [0.15, 0.2) is 0 Å². The highest BCUT2D eigenvalue weighted by molar-refractivity contribution is 5.77. The minimum absolute atomic E-state index is 0.292. The van der Waals surface area contributed by atoms with Gasteiger partial charge < -0.3 is 10.5 Å². The molecule has 2 N–H and O–H groups in total. The topological polar surface area (TPSA) is 70.9 Å². The molecule has 0 amide bonds. The van der Waals surface area contributed by atoms with E-state index < -0.39 is 0 Å². The average Bonchev–Trinajstić information content (AvgIpc) is 2.68. The second kappa shape index (κ2) is 3.73. The number of nitrogens with two attached hydrogens (primary N) is 1. The molecule has 0 aliphatic rings. The number of imidazole rings is 1. The zero-order valence-corrected chi connectivity index (χ0v) is 11.0. The van der Waals surface area contributed by atoms with Gasteiger partial charge >= 0.3 is 0 Å². The van der Waals surface area contributed by atoms with E-state index in [1.54, 1.807) is 11.8 Å². The van der Waals surface area contributed by atoms with Crippen molar-refractivity contribution in [3.05, 3.63) is 5.69 Å². The maximum Gasteiger partial charge on any atom is 0.202 e. The Kier molecular flexibility index (Phi) is 2.61. The fourth-order valence-electron chi connectivity index (χ4n) is 1.95. The molecule has 0 aliphatic carbocycles. The summed E-state index contributed by atoms with van der Waals surface area (Å²) in [5, 5.41) is 4.34. The van der Waals surface area contributed by atoms with Crippen LogP contribution in [0.5, 0.6) is 0 Å². The van der Waals surface area contributed by atoms with Crippen LogP contribution in [0.3, 0.4) is 0 Å². The molecule has 17 heavy (non-hydrogen) atoms. The number of anilines is 1. The van der Waals surface area contributed by atoms with Crippen LogP contribution >= 0.6 is 0 Å². The van der Waals surface area contributed by atoms with Crippen molar-refractivity contribution in [2.75, 3.05) is 12.8 Å². The largest absolute Gasteiger partial charge is 0.377 e. The lowest BCUT2D eigenvalue weighted by Gasteiger charge is -2.24. The number of hydrogen-bond acceptors (Lipinski definition) is 4. The summed E-state index contributed by atoms with van der Waals surface area (Å²) in [5.41, 5.74) is 8.35. The molecule has 0 saturated carbocycles. The van der Waals surface area contributed by atoms with E-state index >= 15 is 0 Å². The first-order valence-electron chi connectivity index (χ1n) is 5.56. The lowest BCUT2D eigenvalue weighted by atomic mass is 10.1. The molecule has 2 aromatic rings. The number of fused-ring (bicyclic) bond motifs is 1. The van der Waals surface area contributed by atoms with Gasteiger partial charge in [-0.15, -0.1) is 0 Å². The second-order valence-corrected chi connectivity index (χ2v) is 4.90. The van der Waals surface area contributed by atoms with Crippen LogP contribution in [0.2, 0.25) is 0 Å². The van der Waals surface area contributed by atoms with Crippen molar-refractivity contribution in [2.24, 2.45) is 7.05 Å². The van der Waals surface area contributed by atoms with Gasteiger partial charge in [-0.05, 0) is 20.8 Å². The summed E-state index contributed by atoms with van der Waals surface area (Å²) in [6, 6.07) is 0. The smallest absolute Gasteiger partial charge is 0.202 e. The van der Waals surface area contributed by atoms with Crippen molar-refractivity contribution < 1.29 is 4.74 Å². The Balaban J connectivity index is 2.57. The Labute approximate surface area is 100 Å². The van der Waals surface area contributed by atoms with Crippen LogP contribution in [0.1, 0.15) is 19.5 Å². The number of rotatable bonds is 3. The summed E-state index contributed by atoms with van der Waals surface area (Å²) in [6.07, 6.45) is 0. The fourth-order valence-corrected chi connectivity index (χ4v) is 1.95. The Morgan fingerprint density at radius 1 is 1.41 bits per heavy atom. The zero-order valence-electron chi connectivity index (χ0n) is 11.0. The molecule has 2 heterocycles. The van der Waals surface area contributed by atoms with Crippen LogP contribution in [0.25, 0.3) is 11.2 Å². The number of nitrogen functional groups attached to an aromatic ring is 1. The highest BCUT2D eigenvalue weighted by Crippen LogP contribution is 2.23. The molecule has 94 valence electrons. The Hall–Kier alpha value is -1.56. The molecular formula is C11H19N5O. The molecule has 0 saturated heterocycles. The van der Waals surface area contributed by atoms with Gasteiger partial charge in [-0.25, -0.2) is 4.98 Å². The van der Waals surface area contributed by atoms with E-state index in [1.165, 1.54) is 0 Å². The number of nitrogens with zero attached hydrogens (tertiary/aromatic N) is 4. The summed E-state index contributed by atoms with van der Waals surface area (Å²) in [6.45, 7) is 6.61. The fraction of sp³-hybridized carbons (Fsp3) is 0.636. The molecule has 0 bridgehead atoms. The first-order chi connectivity index (χ1) is 7.85. The normalized spacial score (nSPS) is 12.5. The van der Waals surface area contributed by atoms with E-state index in [-0.39, 0.29) is 5.60 Å². The predicted octanol–water partition coefficient (Wildman–Crippen LogP) is 1.09. The van der Waals surface area contributed by atoms with Gasteiger partial charge in [0.05, 0.1) is 17.8 Å². The van der Waals surface area contributed by atoms with Crippen LogP contribution < -0.4 is 5.73 Å². The average molecular weight is 237 g/mol. The molecule has 2 aromatic heterocycles. The molecule has 0 atom stereocenters. The molecule has 0 aromatic carbocycles. The van der Waals surface area contributed by atoms with Crippen molar-refractivity contribution in [3.63, 3.8) is 0 Å². The van der Waals surface area contributed by atoms with Gasteiger partial charge in [0, 0.05) is 14.2 Å². The number of aromatic nitrogens is 4. The van der Waals surface area contributed by atoms with Gasteiger partial charge in [-0.1, -0.05) is 0 Å². The predicted molar refractivity (Wildman–Crippen MR) is 66.7 cm³/mol. The first-order valence-corrected chi connectivity index (χ1v) is 5.56. The highest BCUT2D eigenvalue weighted by Gasteiger charge is 2.23. The lowest BCUT2D eigenvalue weighted by Crippen LogP contribution is -2.30. The summed E-state index contributed by atoms with van der Waals surface area (Å²) in [7, 11) is 3.59. The highest BCUT2D eigenvalue weighted by atomic mass is 16.5. The van der Waals surface area contributed by atoms with E-state index in [0.717, 1.165) is 16.9 Å². The second-order valence-electron chi connectivity index (χ2n) is 4.90. The van der Waals surface area contributed by atoms with Gasteiger partial charge in [0.15, 0.2) is 5.65 Å². The van der Waals surface area contributed by atoms with Crippen molar-refractivity contribution >= 4 is 17.1 Å². The number of ether oxygens (including phenoxy) is 1. The van der Waals surface area contributed by atoms with Gasteiger partial charge in [-0.3, -0.25) is 9.25 Å². The van der Waals surface area contributed by atoms with E-state index in [9.17, 15) is 0 Å². The van der Waals surface area contributed by atoms with Crippen LogP contribution in [-0.4, -0.2) is 32.0 Å². The van der Waals surface area contributed by atoms with Gasteiger partial charge in [0.2, 0.25) is 5.95 Å². The van der Waals surface area contributed by atoms with Crippen molar-refractivity contribution in [1.82, 2.24) is 19.3 Å². The summed E-state index contributed by atoms with van der Waals surface area (Å²) >= 11 is 0.